The molecule has 1 aromatic heterocycles. The summed E-state index contributed by atoms with van der Waals surface area (Å²) in [6.07, 6.45) is 1.51. The molecular weight excluding hydrogens is 272 g/mol. The van der Waals surface area contributed by atoms with Gasteiger partial charge in [-0.1, -0.05) is 12.1 Å². The predicted octanol–water partition coefficient (Wildman–Crippen LogP) is 2.12. The van der Waals surface area contributed by atoms with Crippen molar-refractivity contribution in [2.24, 2.45) is 0 Å². The fourth-order valence-corrected chi connectivity index (χ4v) is 1.65. The summed E-state index contributed by atoms with van der Waals surface area (Å²) in [5.74, 6) is 1.30. The van der Waals surface area contributed by atoms with E-state index in [9.17, 15) is 4.79 Å². The molecule has 2 aromatic rings. The molecule has 1 N–H and O–H groups in total. The van der Waals surface area contributed by atoms with Crippen LogP contribution in [0, 0.1) is 0 Å². The third kappa shape index (κ3) is 4.10. The van der Waals surface area contributed by atoms with E-state index in [1.165, 1.54) is 13.3 Å². The van der Waals surface area contributed by atoms with Crippen LogP contribution in [0.15, 0.2) is 42.6 Å². The fraction of sp³-hybridized carbons (Fsp3) is 0.200. The first-order valence-corrected chi connectivity index (χ1v) is 6.28. The van der Waals surface area contributed by atoms with Crippen LogP contribution in [0.4, 0.5) is 5.69 Å². The van der Waals surface area contributed by atoms with E-state index in [0.29, 0.717) is 23.1 Å². The zero-order valence-corrected chi connectivity index (χ0v) is 11.8. The van der Waals surface area contributed by atoms with Crippen LogP contribution in [0.2, 0.25) is 0 Å². The molecule has 1 aromatic carbocycles. The highest BCUT2D eigenvalue weighted by atomic mass is 16.5. The average Bonchev–Trinajstić information content (AvgIpc) is 2.54. The van der Waals surface area contributed by atoms with Crippen molar-refractivity contribution < 1.29 is 19.0 Å². The molecule has 1 heterocycles. The molecule has 21 heavy (non-hydrogen) atoms. The van der Waals surface area contributed by atoms with Crippen LogP contribution in [0.1, 0.15) is 0 Å². The van der Waals surface area contributed by atoms with Crippen molar-refractivity contribution in [3.8, 4) is 17.4 Å². The van der Waals surface area contributed by atoms with E-state index in [1.54, 1.807) is 31.4 Å². The number of ether oxygens (including phenoxy) is 3. The van der Waals surface area contributed by atoms with Gasteiger partial charge in [-0.2, -0.15) is 0 Å². The normalized spacial score (nSPS) is 9.81. The molecule has 0 atom stereocenters. The highest BCUT2D eigenvalue weighted by Crippen LogP contribution is 2.25. The number of nitrogens with zero attached hydrogens (tertiary/aromatic N) is 1. The van der Waals surface area contributed by atoms with Gasteiger partial charge in [-0.15, -0.1) is 0 Å². The van der Waals surface area contributed by atoms with Crippen molar-refractivity contribution >= 4 is 11.6 Å². The molecule has 0 bridgehead atoms. The number of methoxy groups -OCH3 is 2. The number of para-hydroxylation sites is 2. The number of hydrogen-bond donors (Lipinski definition) is 1. The number of carbonyl (C=O) groups excluding carboxylic acids is 1. The molecular formula is C15H16N2O4. The summed E-state index contributed by atoms with van der Waals surface area (Å²) in [5, 5.41) is 2.68. The Morgan fingerprint density at radius 2 is 1.86 bits per heavy atom. The summed E-state index contributed by atoms with van der Waals surface area (Å²) in [6.45, 7) is -0.119. The minimum atomic E-state index is -0.284. The largest absolute Gasteiger partial charge is 0.493 e. The van der Waals surface area contributed by atoms with Gasteiger partial charge in [-0.05, 0) is 18.2 Å². The summed E-state index contributed by atoms with van der Waals surface area (Å²) in [4.78, 5) is 15.8. The molecule has 0 aliphatic rings. The Hall–Kier alpha value is -2.76. The summed E-state index contributed by atoms with van der Waals surface area (Å²) in [5.41, 5.74) is 0.574. The second kappa shape index (κ2) is 7.14. The maximum Gasteiger partial charge on any atom is 0.262 e. The van der Waals surface area contributed by atoms with Crippen LogP contribution in [0.5, 0.6) is 17.4 Å². The molecule has 110 valence electrons. The summed E-state index contributed by atoms with van der Waals surface area (Å²) in [7, 11) is 3.08. The maximum atomic E-state index is 11.8. The second-order valence-corrected chi connectivity index (χ2v) is 4.08. The van der Waals surface area contributed by atoms with Crippen molar-refractivity contribution in [3.63, 3.8) is 0 Å². The first-order chi connectivity index (χ1) is 10.2. The standard InChI is InChI=1S/C15H16N2O4/c1-19-12-5-3-4-6-13(12)21-10-14(18)17-11-7-8-15(20-2)16-9-11/h3-9H,10H2,1-2H3,(H,17,18). The molecule has 6 heteroatoms. The minimum Gasteiger partial charge on any atom is -0.493 e. The third-order valence-corrected chi connectivity index (χ3v) is 2.66. The van der Waals surface area contributed by atoms with Gasteiger partial charge in [0.15, 0.2) is 18.1 Å². The number of rotatable bonds is 6. The molecule has 2 rings (SSSR count). The Morgan fingerprint density at radius 3 is 2.48 bits per heavy atom. The Balaban J connectivity index is 1.89. The third-order valence-electron chi connectivity index (χ3n) is 2.66. The zero-order chi connectivity index (χ0) is 15.1. The van der Waals surface area contributed by atoms with Crippen LogP contribution >= 0.6 is 0 Å². The van der Waals surface area contributed by atoms with Gasteiger partial charge in [-0.25, -0.2) is 4.98 Å². The Labute approximate surface area is 122 Å². The predicted molar refractivity (Wildman–Crippen MR) is 77.9 cm³/mol. The number of anilines is 1. The monoisotopic (exact) mass is 288 g/mol. The van der Waals surface area contributed by atoms with E-state index in [-0.39, 0.29) is 12.5 Å². The number of nitrogens with one attached hydrogen (secondary N) is 1. The molecule has 6 nitrogen and oxygen atoms in total. The molecule has 0 unspecified atom stereocenters. The second-order valence-electron chi connectivity index (χ2n) is 4.08. The fourth-order valence-electron chi connectivity index (χ4n) is 1.65. The van der Waals surface area contributed by atoms with E-state index in [2.05, 4.69) is 10.3 Å². The van der Waals surface area contributed by atoms with Gasteiger partial charge < -0.3 is 19.5 Å². The first-order valence-electron chi connectivity index (χ1n) is 6.28. The van der Waals surface area contributed by atoms with E-state index in [4.69, 9.17) is 14.2 Å². The van der Waals surface area contributed by atoms with Crippen molar-refractivity contribution in [1.82, 2.24) is 4.98 Å². The Kier molecular flexibility index (Phi) is 4.98. The molecule has 0 saturated carbocycles. The maximum absolute atomic E-state index is 11.8. The van der Waals surface area contributed by atoms with E-state index in [0.717, 1.165) is 0 Å². The Morgan fingerprint density at radius 1 is 1.10 bits per heavy atom. The van der Waals surface area contributed by atoms with E-state index >= 15 is 0 Å². The van der Waals surface area contributed by atoms with E-state index in [1.807, 2.05) is 12.1 Å². The SMILES string of the molecule is COc1ccc(NC(=O)COc2ccccc2OC)cn1. The van der Waals surface area contributed by atoms with Gasteiger partial charge >= 0.3 is 0 Å². The lowest BCUT2D eigenvalue weighted by Gasteiger charge is -2.10. The number of benzene rings is 1. The molecule has 0 aliphatic heterocycles. The summed E-state index contributed by atoms with van der Waals surface area (Å²) >= 11 is 0. The first kappa shape index (κ1) is 14.6. The molecule has 0 spiro atoms. The lowest BCUT2D eigenvalue weighted by atomic mass is 10.3. The highest BCUT2D eigenvalue weighted by molar-refractivity contribution is 5.91. The molecule has 0 saturated heterocycles. The van der Waals surface area contributed by atoms with Crippen LogP contribution < -0.4 is 19.5 Å². The number of pyridine rings is 1. The molecule has 1 amide bonds. The van der Waals surface area contributed by atoms with Gasteiger partial charge in [-0.3, -0.25) is 4.79 Å². The number of amides is 1. The van der Waals surface area contributed by atoms with Crippen LogP contribution in [-0.4, -0.2) is 31.7 Å². The molecule has 0 radical (unpaired) electrons. The van der Waals surface area contributed by atoms with Gasteiger partial charge in [0.25, 0.3) is 5.91 Å². The van der Waals surface area contributed by atoms with Crippen molar-refractivity contribution in [3.05, 3.63) is 42.6 Å². The quantitative estimate of drug-likeness (QED) is 0.881. The van der Waals surface area contributed by atoms with Gasteiger partial charge in [0.1, 0.15) is 0 Å². The van der Waals surface area contributed by atoms with Crippen molar-refractivity contribution in [2.45, 2.75) is 0 Å². The van der Waals surface area contributed by atoms with Crippen LogP contribution in [-0.2, 0) is 4.79 Å². The smallest absolute Gasteiger partial charge is 0.262 e. The summed E-state index contributed by atoms with van der Waals surface area (Å²) in [6, 6.07) is 10.5. The Bertz CT molecular complexity index is 599. The topological polar surface area (TPSA) is 69.7 Å². The lowest BCUT2D eigenvalue weighted by Crippen LogP contribution is -2.20. The van der Waals surface area contributed by atoms with Gasteiger partial charge in [0.2, 0.25) is 5.88 Å². The average molecular weight is 288 g/mol. The zero-order valence-electron chi connectivity index (χ0n) is 11.8. The lowest BCUT2D eigenvalue weighted by molar-refractivity contribution is -0.118. The highest BCUT2D eigenvalue weighted by Gasteiger charge is 2.07. The molecule has 0 aliphatic carbocycles. The van der Waals surface area contributed by atoms with Crippen LogP contribution in [0.25, 0.3) is 0 Å². The van der Waals surface area contributed by atoms with Crippen LogP contribution in [0.3, 0.4) is 0 Å². The minimum absolute atomic E-state index is 0.119. The summed E-state index contributed by atoms with van der Waals surface area (Å²) < 4.78 is 15.5. The van der Waals surface area contributed by atoms with E-state index < -0.39 is 0 Å². The number of carbonyl (C=O) groups is 1. The molecule has 0 fully saturated rings. The number of hydrogen-bond acceptors (Lipinski definition) is 5. The van der Waals surface area contributed by atoms with Gasteiger partial charge in [0.05, 0.1) is 26.1 Å². The van der Waals surface area contributed by atoms with Crippen molar-refractivity contribution in [1.29, 1.82) is 0 Å². The number of aromatic nitrogens is 1. The van der Waals surface area contributed by atoms with Gasteiger partial charge in [0, 0.05) is 6.07 Å². The van der Waals surface area contributed by atoms with Crippen molar-refractivity contribution in [2.75, 3.05) is 26.1 Å².